The Hall–Kier alpha value is -1.09. The minimum atomic E-state index is -0.316. The van der Waals surface area contributed by atoms with Crippen LogP contribution in [0, 0.1) is 0 Å². The van der Waals surface area contributed by atoms with Crippen LogP contribution in [0.25, 0.3) is 0 Å². The number of alkyl halides is 1. The van der Waals surface area contributed by atoms with E-state index in [0.717, 1.165) is 18.3 Å². The second kappa shape index (κ2) is 5.85. The van der Waals surface area contributed by atoms with E-state index in [9.17, 15) is 4.39 Å². The van der Waals surface area contributed by atoms with Gasteiger partial charge in [-0.3, -0.25) is 4.39 Å². The van der Waals surface area contributed by atoms with Gasteiger partial charge in [-0.05, 0) is 30.5 Å². The largest absolute Gasteiger partial charge is 0.494 e. The van der Waals surface area contributed by atoms with Crippen molar-refractivity contribution in [1.29, 1.82) is 0 Å². The average molecular weight is 223 g/mol. The molecular formula is C13H18FNO. The SMILES string of the molecule is FCCCOc1ccc(CNC2CC2)cc1. The first-order valence-corrected chi connectivity index (χ1v) is 5.89. The maximum Gasteiger partial charge on any atom is 0.119 e. The molecule has 88 valence electrons. The average Bonchev–Trinajstić information content (AvgIpc) is 3.12. The van der Waals surface area contributed by atoms with E-state index in [0.29, 0.717) is 13.0 Å². The molecule has 0 radical (unpaired) electrons. The van der Waals surface area contributed by atoms with Crippen molar-refractivity contribution in [2.24, 2.45) is 0 Å². The first-order valence-electron chi connectivity index (χ1n) is 5.89. The van der Waals surface area contributed by atoms with Crippen molar-refractivity contribution in [3.8, 4) is 5.75 Å². The Balaban J connectivity index is 1.74. The molecule has 0 unspecified atom stereocenters. The third kappa shape index (κ3) is 3.81. The second-order valence-corrected chi connectivity index (χ2v) is 4.19. The summed E-state index contributed by atoms with van der Waals surface area (Å²) in [6.45, 7) is 1.06. The van der Waals surface area contributed by atoms with Gasteiger partial charge in [-0.2, -0.15) is 0 Å². The fourth-order valence-corrected chi connectivity index (χ4v) is 1.50. The molecule has 2 nitrogen and oxygen atoms in total. The molecule has 0 aromatic heterocycles. The van der Waals surface area contributed by atoms with Gasteiger partial charge in [0.15, 0.2) is 0 Å². The van der Waals surface area contributed by atoms with Crippen molar-refractivity contribution in [3.05, 3.63) is 29.8 Å². The third-order valence-corrected chi connectivity index (χ3v) is 2.64. The first kappa shape index (κ1) is 11.4. The van der Waals surface area contributed by atoms with Gasteiger partial charge in [-0.15, -0.1) is 0 Å². The lowest BCUT2D eigenvalue weighted by Crippen LogP contribution is -2.15. The molecule has 0 bridgehead atoms. The molecule has 1 aliphatic carbocycles. The van der Waals surface area contributed by atoms with Crippen LogP contribution in [0.4, 0.5) is 4.39 Å². The molecule has 0 heterocycles. The van der Waals surface area contributed by atoms with E-state index >= 15 is 0 Å². The number of rotatable bonds is 7. The van der Waals surface area contributed by atoms with Crippen molar-refractivity contribution in [2.45, 2.75) is 31.8 Å². The summed E-state index contributed by atoms with van der Waals surface area (Å²) in [5.41, 5.74) is 1.27. The van der Waals surface area contributed by atoms with Crippen molar-refractivity contribution in [1.82, 2.24) is 5.32 Å². The predicted molar refractivity (Wildman–Crippen MR) is 62.4 cm³/mol. The molecule has 1 saturated carbocycles. The van der Waals surface area contributed by atoms with Gasteiger partial charge in [0.2, 0.25) is 0 Å². The number of hydrogen-bond acceptors (Lipinski definition) is 2. The fourth-order valence-electron chi connectivity index (χ4n) is 1.50. The van der Waals surface area contributed by atoms with Crippen molar-refractivity contribution < 1.29 is 9.13 Å². The molecule has 0 atom stereocenters. The number of benzene rings is 1. The maximum atomic E-state index is 11.9. The fraction of sp³-hybridized carbons (Fsp3) is 0.538. The Labute approximate surface area is 95.8 Å². The Morgan fingerprint density at radius 1 is 1.25 bits per heavy atom. The van der Waals surface area contributed by atoms with E-state index in [2.05, 4.69) is 17.4 Å². The Morgan fingerprint density at radius 3 is 2.62 bits per heavy atom. The van der Waals surface area contributed by atoms with Gasteiger partial charge in [-0.1, -0.05) is 12.1 Å². The molecular weight excluding hydrogens is 205 g/mol. The molecule has 1 aliphatic rings. The molecule has 0 spiro atoms. The number of halogens is 1. The van der Waals surface area contributed by atoms with Gasteiger partial charge in [0, 0.05) is 19.0 Å². The Morgan fingerprint density at radius 2 is 2.00 bits per heavy atom. The van der Waals surface area contributed by atoms with E-state index in [4.69, 9.17) is 4.74 Å². The van der Waals surface area contributed by atoms with E-state index in [1.54, 1.807) is 0 Å². The van der Waals surface area contributed by atoms with E-state index < -0.39 is 0 Å². The zero-order valence-electron chi connectivity index (χ0n) is 9.42. The summed E-state index contributed by atoms with van der Waals surface area (Å²) in [5, 5.41) is 3.45. The Kier molecular flexibility index (Phi) is 4.17. The van der Waals surface area contributed by atoms with Gasteiger partial charge >= 0.3 is 0 Å². The quantitative estimate of drug-likeness (QED) is 0.718. The van der Waals surface area contributed by atoms with Gasteiger partial charge in [0.25, 0.3) is 0 Å². The summed E-state index contributed by atoms with van der Waals surface area (Å²) in [7, 11) is 0. The van der Waals surface area contributed by atoms with Crippen LogP contribution in [0.3, 0.4) is 0 Å². The summed E-state index contributed by atoms with van der Waals surface area (Å²) >= 11 is 0. The molecule has 1 aromatic carbocycles. The van der Waals surface area contributed by atoms with Gasteiger partial charge in [0.05, 0.1) is 13.3 Å². The van der Waals surface area contributed by atoms with Crippen LogP contribution in [0.1, 0.15) is 24.8 Å². The van der Waals surface area contributed by atoms with E-state index in [-0.39, 0.29) is 6.67 Å². The van der Waals surface area contributed by atoms with Crippen LogP contribution in [0.5, 0.6) is 5.75 Å². The minimum absolute atomic E-state index is 0.316. The molecule has 0 aliphatic heterocycles. The lowest BCUT2D eigenvalue weighted by atomic mass is 10.2. The van der Waals surface area contributed by atoms with E-state index in [1.165, 1.54) is 18.4 Å². The zero-order valence-corrected chi connectivity index (χ0v) is 9.42. The number of hydrogen-bond donors (Lipinski definition) is 1. The summed E-state index contributed by atoms with van der Waals surface area (Å²) in [5.74, 6) is 0.823. The standard InChI is InChI=1S/C13H18FNO/c14-8-1-9-16-13-6-2-11(3-7-13)10-15-12-4-5-12/h2-3,6-7,12,15H,1,4-5,8-10H2. The lowest BCUT2D eigenvalue weighted by molar-refractivity contribution is 0.289. The Bertz CT molecular complexity index is 308. The molecule has 16 heavy (non-hydrogen) atoms. The predicted octanol–water partition coefficient (Wildman–Crippen LogP) is 2.68. The van der Waals surface area contributed by atoms with Crippen molar-refractivity contribution in [2.75, 3.05) is 13.3 Å². The topological polar surface area (TPSA) is 21.3 Å². The van der Waals surface area contributed by atoms with Crippen LogP contribution in [-0.4, -0.2) is 19.3 Å². The first-order chi connectivity index (χ1) is 7.88. The van der Waals surface area contributed by atoms with Crippen LogP contribution in [-0.2, 0) is 6.54 Å². The lowest BCUT2D eigenvalue weighted by Gasteiger charge is -2.06. The van der Waals surface area contributed by atoms with Crippen LogP contribution < -0.4 is 10.1 Å². The van der Waals surface area contributed by atoms with Crippen molar-refractivity contribution in [3.63, 3.8) is 0 Å². The minimum Gasteiger partial charge on any atom is -0.494 e. The van der Waals surface area contributed by atoms with Crippen molar-refractivity contribution >= 4 is 0 Å². The maximum absolute atomic E-state index is 11.9. The highest BCUT2D eigenvalue weighted by molar-refractivity contribution is 5.27. The molecule has 1 N–H and O–H groups in total. The summed E-state index contributed by atoms with van der Waals surface area (Å²) < 4.78 is 17.2. The smallest absolute Gasteiger partial charge is 0.119 e. The van der Waals surface area contributed by atoms with Gasteiger partial charge in [-0.25, -0.2) is 0 Å². The third-order valence-electron chi connectivity index (χ3n) is 2.64. The molecule has 0 amide bonds. The second-order valence-electron chi connectivity index (χ2n) is 4.19. The molecule has 2 rings (SSSR count). The molecule has 3 heteroatoms. The highest BCUT2D eigenvalue weighted by Gasteiger charge is 2.19. The summed E-state index contributed by atoms with van der Waals surface area (Å²) in [6, 6.07) is 8.74. The van der Waals surface area contributed by atoms with E-state index in [1.807, 2.05) is 12.1 Å². The normalized spacial score (nSPS) is 15.1. The molecule has 1 aromatic rings. The monoisotopic (exact) mass is 223 g/mol. The summed E-state index contributed by atoms with van der Waals surface area (Å²) in [4.78, 5) is 0. The highest BCUT2D eigenvalue weighted by atomic mass is 19.1. The highest BCUT2D eigenvalue weighted by Crippen LogP contribution is 2.19. The molecule has 1 fully saturated rings. The zero-order chi connectivity index (χ0) is 11.2. The molecule has 0 saturated heterocycles. The summed E-state index contributed by atoms with van der Waals surface area (Å²) in [6.07, 6.45) is 3.08. The van der Waals surface area contributed by atoms with Crippen LogP contribution >= 0.6 is 0 Å². The van der Waals surface area contributed by atoms with Gasteiger partial charge in [0.1, 0.15) is 5.75 Å². The number of nitrogens with one attached hydrogen (secondary N) is 1. The number of ether oxygens (including phenoxy) is 1. The van der Waals surface area contributed by atoms with Gasteiger partial charge < -0.3 is 10.1 Å². The van der Waals surface area contributed by atoms with Crippen LogP contribution in [0.15, 0.2) is 24.3 Å². The van der Waals surface area contributed by atoms with Crippen LogP contribution in [0.2, 0.25) is 0 Å².